The van der Waals surface area contributed by atoms with Crippen molar-refractivity contribution in [1.29, 1.82) is 0 Å². The summed E-state index contributed by atoms with van der Waals surface area (Å²) in [5.74, 6) is -0.745. The van der Waals surface area contributed by atoms with Gasteiger partial charge in [-0.25, -0.2) is 12.8 Å². The Balaban J connectivity index is 1.86. The number of carbonyl (C=O) groups is 1. The second-order valence-electron chi connectivity index (χ2n) is 7.52. The summed E-state index contributed by atoms with van der Waals surface area (Å²) in [6.45, 7) is 3.93. The van der Waals surface area contributed by atoms with Gasteiger partial charge in [0.25, 0.3) is 5.91 Å². The van der Waals surface area contributed by atoms with Crippen molar-refractivity contribution in [1.82, 2.24) is 0 Å². The summed E-state index contributed by atoms with van der Waals surface area (Å²) in [6.07, 6.45) is 2.66. The molecule has 5 nitrogen and oxygen atoms in total. The minimum absolute atomic E-state index is 0.138. The third-order valence-corrected chi connectivity index (χ3v) is 6.47. The Labute approximate surface area is 188 Å². The largest absolute Gasteiger partial charge is 0.321 e. The number of halogens is 1. The topological polar surface area (TPSA) is 66.5 Å². The predicted molar refractivity (Wildman–Crippen MR) is 127 cm³/mol. The zero-order valence-corrected chi connectivity index (χ0v) is 19.2. The number of rotatable bonds is 8. The molecule has 3 aromatic rings. The normalized spacial score (nSPS) is 11.2. The fourth-order valence-electron chi connectivity index (χ4n) is 3.55. The number of amides is 1. The average molecular weight is 455 g/mol. The van der Waals surface area contributed by atoms with Crippen molar-refractivity contribution in [2.24, 2.45) is 0 Å². The molecule has 0 saturated heterocycles. The van der Waals surface area contributed by atoms with Gasteiger partial charge in [0.2, 0.25) is 10.0 Å². The molecule has 0 saturated carbocycles. The highest BCUT2D eigenvalue weighted by Crippen LogP contribution is 2.25. The maximum atomic E-state index is 14.1. The molecule has 0 aliphatic carbocycles. The molecule has 3 rings (SSSR count). The molecule has 0 heterocycles. The van der Waals surface area contributed by atoms with Crippen LogP contribution in [0.5, 0.6) is 0 Å². The lowest BCUT2D eigenvalue weighted by molar-refractivity contribution is 0.102. The van der Waals surface area contributed by atoms with Crippen LogP contribution in [0.1, 0.15) is 40.9 Å². The lowest BCUT2D eigenvalue weighted by Gasteiger charge is -2.23. The number of hydrogen-bond donors (Lipinski definition) is 1. The van der Waals surface area contributed by atoms with Gasteiger partial charge in [0.15, 0.2) is 0 Å². The number of sulfonamides is 1. The third kappa shape index (κ3) is 5.34. The highest BCUT2D eigenvalue weighted by Gasteiger charge is 2.20. The number of nitrogens with zero attached hydrogens (tertiary/aromatic N) is 1. The van der Waals surface area contributed by atoms with Crippen LogP contribution in [0.3, 0.4) is 0 Å². The summed E-state index contributed by atoms with van der Waals surface area (Å²) >= 11 is 0. The molecule has 168 valence electrons. The van der Waals surface area contributed by atoms with Gasteiger partial charge in [-0.15, -0.1) is 0 Å². The Morgan fingerprint density at radius 3 is 1.97 bits per heavy atom. The second kappa shape index (κ2) is 9.96. The van der Waals surface area contributed by atoms with Gasteiger partial charge >= 0.3 is 0 Å². The molecular weight excluding hydrogens is 427 g/mol. The maximum absolute atomic E-state index is 14.1. The number of nitrogens with one attached hydrogen (secondary N) is 1. The minimum Gasteiger partial charge on any atom is -0.321 e. The predicted octanol–water partition coefficient (Wildman–Crippen LogP) is 5.17. The lowest BCUT2D eigenvalue weighted by atomic mass is 10.0. The first-order valence-corrected chi connectivity index (χ1v) is 12.3. The summed E-state index contributed by atoms with van der Waals surface area (Å²) in [4.78, 5) is 12.9. The molecule has 1 N–H and O–H groups in total. The van der Waals surface area contributed by atoms with Crippen molar-refractivity contribution in [2.45, 2.75) is 33.2 Å². The standard InChI is InChI=1S/C25H27FN2O3S/c1-4-18-10-8-11-19(5-2)24(18)27-25(29)20-13-15-22(16-14-20)28(32(3,30)31)17-21-9-6-7-12-23(21)26/h6-16H,4-5,17H2,1-3H3,(H,27,29). The third-order valence-electron chi connectivity index (χ3n) is 5.33. The zero-order chi connectivity index (χ0) is 23.3. The molecule has 1 amide bonds. The van der Waals surface area contributed by atoms with Crippen LogP contribution in [0.4, 0.5) is 15.8 Å². The minimum atomic E-state index is -3.67. The van der Waals surface area contributed by atoms with E-state index in [1.54, 1.807) is 42.5 Å². The molecule has 0 unspecified atom stereocenters. The molecule has 32 heavy (non-hydrogen) atoms. The van der Waals surface area contributed by atoms with Crippen molar-refractivity contribution in [3.05, 3.63) is 94.8 Å². The number of hydrogen-bond acceptors (Lipinski definition) is 3. The Morgan fingerprint density at radius 1 is 0.875 bits per heavy atom. The molecule has 7 heteroatoms. The fourth-order valence-corrected chi connectivity index (χ4v) is 4.43. The second-order valence-corrected chi connectivity index (χ2v) is 9.43. The van der Waals surface area contributed by atoms with E-state index in [-0.39, 0.29) is 18.0 Å². The molecule has 0 aliphatic heterocycles. The number of carbonyl (C=O) groups excluding carboxylic acids is 1. The SMILES string of the molecule is CCc1cccc(CC)c1NC(=O)c1ccc(N(Cc2ccccc2F)S(C)(=O)=O)cc1. The molecule has 0 atom stereocenters. The first kappa shape index (κ1) is 23.5. The van der Waals surface area contributed by atoms with Crippen LogP contribution in [0, 0.1) is 5.82 Å². The Bertz CT molecular complexity index is 1190. The van der Waals surface area contributed by atoms with E-state index < -0.39 is 15.8 Å². The molecule has 0 fully saturated rings. The molecule has 0 aromatic heterocycles. The van der Waals surface area contributed by atoms with Crippen LogP contribution in [-0.4, -0.2) is 20.6 Å². The number of para-hydroxylation sites is 1. The molecular formula is C25H27FN2O3S. The van der Waals surface area contributed by atoms with Gasteiger partial charge in [-0.05, 0) is 54.3 Å². The van der Waals surface area contributed by atoms with Gasteiger partial charge in [0.05, 0.1) is 18.5 Å². The Hall–Kier alpha value is -3.19. The number of aryl methyl sites for hydroxylation is 2. The summed E-state index contributed by atoms with van der Waals surface area (Å²) in [6, 6.07) is 18.3. The van der Waals surface area contributed by atoms with Gasteiger partial charge in [0.1, 0.15) is 5.82 Å². The zero-order valence-electron chi connectivity index (χ0n) is 18.4. The first-order chi connectivity index (χ1) is 15.2. The van der Waals surface area contributed by atoms with Crippen LogP contribution in [0.15, 0.2) is 66.7 Å². The van der Waals surface area contributed by atoms with E-state index in [9.17, 15) is 17.6 Å². The van der Waals surface area contributed by atoms with Gasteiger partial charge in [0, 0.05) is 16.8 Å². The van der Waals surface area contributed by atoms with Crippen LogP contribution >= 0.6 is 0 Å². The summed E-state index contributed by atoms with van der Waals surface area (Å²) in [5.41, 5.74) is 3.97. The van der Waals surface area contributed by atoms with E-state index in [4.69, 9.17) is 0 Å². The van der Waals surface area contributed by atoms with Crippen LogP contribution < -0.4 is 9.62 Å². The van der Waals surface area contributed by atoms with Crippen LogP contribution in [0.25, 0.3) is 0 Å². The molecule has 0 aliphatic rings. The summed E-state index contributed by atoms with van der Waals surface area (Å²) < 4.78 is 39.9. The molecule has 0 bridgehead atoms. The van der Waals surface area contributed by atoms with Crippen LogP contribution in [-0.2, 0) is 29.4 Å². The van der Waals surface area contributed by atoms with E-state index in [2.05, 4.69) is 5.32 Å². The maximum Gasteiger partial charge on any atom is 0.255 e. The Morgan fingerprint density at radius 2 is 1.44 bits per heavy atom. The Kier molecular flexibility index (Phi) is 7.30. The van der Waals surface area contributed by atoms with Crippen molar-refractivity contribution < 1.29 is 17.6 Å². The van der Waals surface area contributed by atoms with Gasteiger partial charge in [-0.3, -0.25) is 9.10 Å². The lowest BCUT2D eigenvalue weighted by Crippen LogP contribution is -2.29. The van der Waals surface area contributed by atoms with E-state index in [0.717, 1.165) is 40.2 Å². The summed E-state index contributed by atoms with van der Waals surface area (Å²) in [7, 11) is -3.67. The smallest absolute Gasteiger partial charge is 0.255 e. The van der Waals surface area contributed by atoms with Gasteiger partial charge < -0.3 is 5.32 Å². The highest BCUT2D eigenvalue weighted by molar-refractivity contribution is 7.92. The van der Waals surface area contributed by atoms with Crippen molar-refractivity contribution in [3.8, 4) is 0 Å². The highest BCUT2D eigenvalue weighted by atomic mass is 32.2. The monoisotopic (exact) mass is 454 g/mol. The van der Waals surface area contributed by atoms with Crippen LogP contribution in [0.2, 0.25) is 0 Å². The fraction of sp³-hybridized carbons (Fsp3) is 0.240. The number of anilines is 2. The molecule has 0 spiro atoms. The van der Waals surface area contributed by atoms with Crippen molar-refractivity contribution in [2.75, 3.05) is 15.9 Å². The average Bonchev–Trinajstić information content (AvgIpc) is 2.78. The number of benzene rings is 3. The first-order valence-electron chi connectivity index (χ1n) is 10.5. The quantitative estimate of drug-likeness (QED) is 0.511. The summed E-state index contributed by atoms with van der Waals surface area (Å²) in [5, 5.41) is 3.00. The van der Waals surface area contributed by atoms with Gasteiger partial charge in [-0.2, -0.15) is 0 Å². The van der Waals surface area contributed by atoms with E-state index >= 15 is 0 Å². The molecule has 0 radical (unpaired) electrons. The van der Waals surface area contributed by atoms with E-state index in [1.807, 2.05) is 32.0 Å². The van der Waals surface area contributed by atoms with E-state index in [0.29, 0.717) is 11.3 Å². The van der Waals surface area contributed by atoms with Gasteiger partial charge in [-0.1, -0.05) is 50.2 Å². The van der Waals surface area contributed by atoms with Crippen molar-refractivity contribution >= 4 is 27.3 Å². The van der Waals surface area contributed by atoms with Crippen molar-refractivity contribution in [3.63, 3.8) is 0 Å². The molecule has 3 aromatic carbocycles. The van der Waals surface area contributed by atoms with E-state index in [1.165, 1.54) is 6.07 Å².